The van der Waals surface area contributed by atoms with E-state index in [1.807, 2.05) is 25.1 Å². The number of carbonyl (C=O) groups is 2. The molecule has 0 aromatic heterocycles. The fourth-order valence-electron chi connectivity index (χ4n) is 1.74. The van der Waals surface area contributed by atoms with Crippen molar-refractivity contribution in [2.24, 2.45) is 0 Å². The van der Waals surface area contributed by atoms with Crippen LogP contribution in [0.4, 0.5) is 5.69 Å². The zero-order chi connectivity index (χ0) is 13.7. The molecule has 0 unspecified atom stereocenters. The predicted octanol–water partition coefficient (Wildman–Crippen LogP) is 3.53. The van der Waals surface area contributed by atoms with Crippen molar-refractivity contribution in [3.8, 4) is 0 Å². The summed E-state index contributed by atoms with van der Waals surface area (Å²) in [5.74, 6) is -0.0592. The van der Waals surface area contributed by atoms with Gasteiger partial charge in [0.25, 0.3) is 5.91 Å². The zero-order valence-electron chi connectivity index (χ0n) is 10.7. The first-order valence-electron chi connectivity index (χ1n) is 6.20. The van der Waals surface area contributed by atoms with E-state index in [1.165, 1.54) is 0 Å². The van der Waals surface area contributed by atoms with Crippen molar-refractivity contribution in [1.29, 1.82) is 0 Å². The number of Topliss-reactive ketones (excluding diaryl/α,β-unsaturated/α-hetero) is 1. The maximum atomic E-state index is 11.9. The Balaban J connectivity index is 2.08. The SMILES string of the molecule is CCC(=O)c1ccc(NC(=O)c2ccccc2)cc1. The maximum absolute atomic E-state index is 11.9. The third-order valence-electron chi connectivity index (χ3n) is 2.82. The largest absolute Gasteiger partial charge is 0.322 e. The minimum absolute atomic E-state index is 0.0981. The summed E-state index contributed by atoms with van der Waals surface area (Å²) in [5.41, 5.74) is 1.96. The van der Waals surface area contributed by atoms with Crippen molar-refractivity contribution in [3.05, 3.63) is 65.7 Å². The second-order valence-corrected chi connectivity index (χ2v) is 4.17. The molecule has 1 amide bonds. The van der Waals surface area contributed by atoms with Gasteiger partial charge in [0, 0.05) is 23.2 Å². The Kier molecular flexibility index (Phi) is 4.08. The molecule has 2 aromatic carbocycles. The van der Waals surface area contributed by atoms with Crippen molar-refractivity contribution in [2.45, 2.75) is 13.3 Å². The molecule has 0 fully saturated rings. The molecule has 0 aliphatic rings. The molecule has 0 radical (unpaired) electrons. The van der Waals surface area contributed by atoms with Crippen molar-refractivity contribution >= 4 is 17.4 Å². The van der Waals surface area contributed by atoms with Gasteiger partial charge in [-0.1, -0.05) is 25.1 Å². The van der Waals surface area contributed by atoms with Crippen molar-refractivity contribution in [1.82, 2.24) is 0 Å². The summed E-state index contributed by atoms with van der Waals surface area (Å²) in [6.45, 7) is 1.83. The molecule has 19 heavy (non-hydrogen) atoms. The minimum atomic E-state index is -0.157. The van der Waals surface area contributed by atoms with Gasteiger partial charge in [-0.3, -0.25) is 9.59 Å². The maximum Gasteiger partial charge on any atom is 0.255 e. The standard InChI is InChI=1S/C16H15NO2/c1-2-15(18)12-8-10-14(11-9-12)17-16(19)13-6-4-3-5-7-13/h3-11H,2H2,1H3,(H,17,19). The van der Waals surface area contributed by atoms with Crippen LogP contribution in [0, 0.1) is 0 Å². The second kappa shape index (κ2) is 5.96. The quantitative estimate of drug-likeness (QED) is 0.847. The lowest BCUT2D eigenvalue weighted by atomic mass is 10.1. The topological polar surface area (TPSA) is 46.2 Å². The normalized spacial score (nSPS) is 9.95. The lowest BCUT2D eigenvalue weighted by molar-refractivity contribution is 0.0987. The Hall–Kier alpha value is -2.42. The van der Waals surface area contributed by atoms with Gasteiger partial charge in [0.1, 0.15) is 0 Å². The molecule has 0 spiro atoms. The van der Waals surface area contributed by atoms with Crippen LogP contribution in [0.3, 0.4) is 0 Å². The molecule has 0 aliphatic carbocycles. The van der Waals surface area contributed by atoms with Crippen LogP contribution in [0.5, 0.6) is 0 Å². The molecule has 3 nitrogen and oxygen atoms in total. The molecule has 96 valence electrons. The Morgan fingerprint density at radius 2 is 1.53 bits per heavy atom. The van der Waals surface area contributed by atoms with Crippen LogP contribution in [0.1, 0.15) is 34.1 Å². The number of hydrogen-bond donors (Lipinski definition) is 1. The van der Waals surface area contributed by atoms with Gasteiger partial charge in [-0.15, -0.1) is 0 Å². The van der Waals surface area contributed by atoms with E-state index >= 15 is 0 Å². The van der Waals surface area contributed by atoms with E-state index in [0.717, 1.165) is 0 Å². The number of benzene rings is 2. The fourth-order valence-corrected chi connectivity index (χ4v) is 1.74. The highest BCUT2D eigenvalue weighted by Crippen LogP contribution is 2.12. The lowest BCUT2D eigenvalue weighted by Gasteiger charge is -2.06. The van der Waals surface area contributed by atoms with Gasteiger partial charge >= 0.3 is 0 Å². The summed E-state index contributed by atoms with van der Waals surface area (Å²) in [7, 11) is 0. The minimum Gasteiger partial charge on any atom is -0.322 e. The van der Waals surface area contributed by atoms with E-state index < -0.39 is 0 Å². The fraction of sp³-hybridized carbons (Fsp3) is 0.125. The molecule has 0 heterocycles. The van der Waals surface area contributed by atoms with Crippen LogP contribution in [0.2, 0.25) is 0 Å². The lowest BCUT2D eigenvalue weighted by Crippen LogP contribution is -2.11. The highest BCUT2D eigenvalue weighted by molar-refractivity contribution is 6.04. The summed E-state index contributed by atoms with van der Waals surface area (Å²) in [5, 5.41) is 2.79. The number of ketones is 1. The van der Waals surface area contributed by atoms with E-state index in [2.05, 4.69) is 5.32 Å². The summed E-state index contributed by atoms with van der Waals surface area (Å²) in [4.78, 5) is 23.4. The first-order chi connectivity index (χ1) is 9.20. The first kappa shape index (κ1) is 13.0. The van der Waals surface area contributed by atoms with E-state index in [9.17, 15) is 9.59 Å². The number of carbonyl (C=O) groups excluding carboxylic acids is 2. The summed E-state index contributed by atoms with van der Waals surface area (Å²) in [6.07, 6.45) is 0.482. The molecule has 0 saturated carbocycles. The zero-order valence-corrected chi connectivity index (χ0v) is 10.7. The van der Waals surface area contributed by atoms with Gasteiger partial charge in [0.15, 0.2) is 5.78 Å². The molecular formula is C16H15NO2. The van der Waals surface area contributed by atoms with Crippen LogP contribution in [0.25, 0.3) is 0 Å². The highest BCUT2D eigenvalue weighted by atomic mass is 16.1. The van der Waals surface area contributed by atoms with Crippen LogP contribution in [0.15, 0.2) is 54.6 Å². The third-order valence-corrected chi connectivity index (χ3v) is 2.82. The van der Waals surface area contributed by atoms with Gasteiger partial charge in [0.05, 0.1) is 0 Å². The molecule has 2 rings (SSSR count). The van der Waals surface area contributed by atoms with E-state index in [0.29, 0.717) is 23.2 Å². The highest BCUT2D eigenvalue weighted by Gasteiger charge is 2.06. The average Bonchev–Trinajstić information content (AvgIpc) is 2.48. The number of amides is 1. The van der Waals surface area contributed by atoms with E-state index in [4.69, 9.17) is 0 Å². The molecule has 3 heteroatoms. The number of rotatable bonds is 4. The Labute approximate surface area is 112 Å². The van der Waals surface area contributed by atoms with Gasteiger partial charge in [-0.2, -0.15) is 0 Å². The molecule has 2 aromatic rings. The molecule has 0 bridgehead atoms. The van der Waals surface area contributed by atoms with E-state index in [1.54, 1.807) is 36.4 Å². The van der Waals surface area contributed by atoms with Crippen molar-refractivity contribution in [2.75, 3.05) is 5.32 Å². The molecule has 0 saturated heterocycles. The summed E-state index contributed by atoms with van der Waals surface area (Å²) < 4.78 is 0. The summed E-state index contributed by atoms with van der Waals surface area (Å²) >= 11 is 0. The van der Waals surface area contributed by atoms with Gasteiger partial charge in [-0.05, 0) is 36.4 Å². The van der Waals surface area contributed by atoms with Gasteiger partial charge in [-0.25, -0.2) is 0 Å². The van der Waals surface area contributed by atoms with E-state index in [-0.39, 0.29) is 11.7 Å². The van der Waals surface area contributed by atoms with Crippen molar-refractivity contribution < 1.29 is 9.59 Å². The van der Waals surface area contributed by atoms with Crippen molar-refractivity contribution in [3.63, 3.8) is 0 Å². The average molecular weight is 253 g/mol. The monoisotopic (exact) mass is 253 g/mol. The van der Waals surface area contributed by atoms with Crippen LogP contribution >= 0.6 is 0 Å². The van der Waals surface area contributed by atoms with Crippen LogP contribution < -0.4 is 5.32 Å². The van der Waals surface area contributed by atoms with Gasteiger partial charge < -0.3 is 5.32 Å². The van der Waals surface area contributed by atoms with Gasteiger partial charge in [0.2, 0.25) is 0 Å². The Morgan fingerprint density at radius 1 is 0.895 bits per heavy atom. The molecule has 1 N–H and O–H groups in total. The second-order valence-electron chi connectivity index (χ2n) is 4.17. The smallest absolute Gasteiger partial charge is 0.255 e. The molecule has 0 atom stereocenters. The molecule has 0 aliphatic heterocycles. The predicted molar refractivity (Wildman–Crippen MR) is 75.5 cm³/mol. The Bertz CT molecular complexity index is 573. The van der Waals surface area contributed by atoms with Crippen LogP contribution in [-0.2, 0) is 0 Å². The first-order valence-corrected chi connectivity index (χ1v) is 6.20. The number of anilines is 1. The number of nitrogens with one attached hydrogen (secondary N) is 1. The molecular weight excluding hydrogens is 238 g/mol. The number of hydrogen-bond acceptors (Lipinski definition) is 2. The summed E-state index contributed by atoms with van der Waals surface area (Å²) in [6, 6.07) is 15.9. The Morgan fingerprint density at radius 3 is 2.11 bits per heavy atom. The van der Waals surface area contributed by atoms with Crippen LogP contribution in [-0.4, -0.2) is 11.7 Å². The third kappa shape index (κ3) is 3.28.